The lowest BCUT2D eigenvalue weighted by molar-refractivity contribution is -0.908. The van der Waals surface area contributed by atoms with E-state index in [1.165, 1.54) is 6.42 Å². The average molecular weight is 475 g/mol. The third kappa shape index (κ3) is 4.78. The molecule has 1 saturated carbocycles. The van der Waals surface area contributed by atoms with Crippen LogP contribution >= 0.6 is 0 Å². The molecule has 2 aliphatic carbocycles. The first kappa shape index (κ1) is 24.1. The minimum absolute atomic E-state index is 0.0112. The summed E-state index contributed by atoms with van der Waals surface area (Å²) in [6.07, 6.45) is 12.5. The Morgan fingerprint density at radius 1 is 0.886 bits per heavy atom. The summed E-state index contributed by atoms with van der Waals surface area (Å²) in [6.45, 7) is 6.22. The molecule has 1 N–H and O–H groups in total. The Balaban J connectivity index is 1.22. The highest BCUT2D eigenvalue weighted by atomic mass is 16.6. The van der Waals surface area contributed by atoms with Gasteiger partial charge in [0.1, 0.15) is 24.5 Å². The molecule has 35 heavy (non-hydrogen) atoms. The van der Waals surface area contributed by atoms with Crippen molar-refractivity contribution in [1.82, 2.24) is 0 Å². The van der Waals surface area contributed by atoms with Crippen LogP contribution in [0.25, 0.3) is 0 Å². The fourth-order valence-corrected chi connectivity index (χ4v) is 6.58. The highest BCUT2D eigenvalue weighted by Crippen LogP contribution is 2.58. The molecule has 4 heteroatoms. The summed E-state index contributed by atoms with van der Waals surface area (Å²) in [5.74, 6) is 0.933. The molecular weight excluding hydrogens is 434 g/mol. The van der Waals surface area contributed by atoms with Crippen LogP contribution in [-0.4, -0.2) is 37.8 Å². The van der Waals surface area contributed by atoms with Gasteiger partial charge in [-0.1, -0.05) is 60.7 Å². The number of hydrogen-bond acceptors (Lipinski definition) is 3. The molecule has 1 aliphatic heterocycles. The molecule has 186 valence electrons. The molecule has 1 spiro atoms. The molecule has 0 bridgehead atoms. The molecular formula is C31H40NO3+. The fraction of sp³-hybridized carbons (Fsp3) is 0.516. The van der Waals surface area contributed by atoms with E-state index in [0.717, 1.165) is 82.5 Å². The summed E-state index contributed by atoms with van der Waals surface area (Å²) in [7, 11) is 0. The lowest BCUT2D eigenvalue weighted by Crippen LogP contribution is -3.14. The van der Waals surface area contributed by atoms with Gasteiger partial charge < -0.3 is 14.4 Å². The van der Waals surface area contributed by atoms with Crippen LogP contribution in [-0.2, 0) is 14.9 Å². The number of likely N-dealkylation sites (tertiary alicyclic amines) is 1. The van der Waals surface area contributed by atoms with Crippen LogP contribution in [0.4, 0.5) is 0 Å². The second kappa shape index (κ2) is 10.2. The van der Waals surface area contributed by atoms with Crippen LogP contribution in [0.3, 0.4) is 0 Å². The van der Waals surface area contributed by atoms with Gasteiger partial charge >= 0.3 is 5.97 Å². The number of quaternary nitrogens is 1. The molecule has 2 fully saturated rings. The Morgan fingerprint density at radius 2 is 1.60 bits per heavy atom. The van der Waals surface area contributed by atoms with Crippen molar-refractivity contribution in [3.63, 3.8) is 0 Å². The van der Waals surface area contributed by atoms with Crippen molar-refractivity contribution in [2.24, 2.45) is 5.41 Å². The third-order valence-electron chi connectivity index (χ3n) is 9.23. The second-order valence-electron chi connectivity index (χ2n) is 11.1. The third-order valence-corrected chi connectivity index (χ3v) is 9.23. The number of nitrogens with one attached hydrogen (secondary N) is 1. The fourth-order valence-electron chi connectivity index (χ4n) is 6.58. The number of benzene rings is 2. The van der Waals surface area contributed by atoms with Gasteiger partial charge in [0.05, 0.1) is 18.5 Å². The number of esters is 1. The Hall–Kier alpha value is -2.59. The molecule has 1 saturated heterocycles. The first-order chi connectivity index (χ1) is 17.1. The molecule has 1 heterocycles. The van der Waals surface area contributed by atoms with E-state index in [2.05, 4.69) is 31.2 Å². The van der Waals surface area contributed by atoms with Crippen LogP contribution < -0.4 is 9.64 Å². The van der Waals surface area contributed by atoms with Gasteiger partial charge in [0, 0.05) is 18.3 Å². The number of para-hydroxylation sites is 1. The summed E-state index contributed by atoms with van der Waals surface area (Å²) in [6, 6.07) is 20.4. The van der Waals surface area contributed by atoms with Gasteiger partial charge in [-0.2, -0.15) is 0 Å². The van der Waals surface area contributed by atoms with Crippen molar-refractivity contribution in [3.8, 4) is 5.75 Å². The molecule has 2 aromatic rings. The number of allylic oxidation sites excluding steroid dienone is 2. The van der Waals surface area contributed by atoms with Crippen molar-refractivity contribution in [2.45, 2.75) is 69.3 Å². The molecule has 5 rings (SSSR count). The van der Waals surface area contributed by atoms with Gasteiger partial charge in [-0.3, -0.25) is 4.79 Å². The van der Waals surface area contributed by atoms with Gasteiger partial charge in [-0.05, 0) is 63.1 Å². The monoisotopic (exact) mass is 474 g/mol. The minimum atomic E-state index is -0.561. The van der Waals surface area contributed by atoms with E-state index in [-0.39, 0.29) is 17.0 Å². The largest absolute Gasteiger partial charge is 0.488 e. The van der Waals surface area contributed by atoms with Gasteiger partial charge in [0.2, 0.25) is 0 Å². The highest BCUT2D eigenvalue weighted by molar-refractivity contribution is 5.84. The minimum Gasteiger partial charge on any atom is -0.488 e. The number of piperidine rings is 1. The lowest BCUT2D eigenvalue weighted by Gasteiger charge is -2.59. The molecule has 0 radical (unpaired) electrons. The predicted molar refractivity (Wildman–Crippen MR) is 139 cm³/mol. The van der Waals surface area contributed by atoms with Crippen molar-refractivity contribution >= 4 is 5.97 Å². The molecule has 0 amide bonds. The van der Waals surface area contributed by atoms with Gasteiger partial charge in [0.15, 0.2) is 0 Å². The number of carbonyl (C=O) groups excluding carboxylic acids is 1. The van der Waals surface area contributed by atoms with E-state index in [0.29, 0.717) is 0 Å². The van der Waals surface area contributed by atoms with E-state index in [4.69, 9.17) is 9.47 Å². The molecule has 1 unspecified atom stereocenters. The first-order valence-corrected chi connectivity index (χ1v) is 13.5. The topological polar surface area (TPSA) is 40.0 Å². The number of rotatable bonds is 7. The summed E-state index contributed by atoms with van der Waals surface area (Å²) < 4.78 is 12.5. The van der Waals surface area contributed by atoms with Crippen LogP contribution in [0.15, 0.2) is 72.8 Å². The number of ether oxygens (including phenoxy) is 2. The van der Waals surface area contributed by atoms with E-state index >= 15 is 0 Å². The van der Waals surface area contributed by atoms with E-state index in [9.17, 15) is 4.79 Å². The zero-order chi connectivity index (χ0) is 24.2. The Morgan fingerprint density at radius 3 is 2.29 bits per heavy atom. The van der Waals surface area contributed by atoms with Crippen LogP contribution in [0.5, 0.6) is 5.75 Å². The molecule has 4 nitrogen and oxygen atoms in total. The maximum Gasteiger partial charge on any atom is 0.317 e. The van der Waals surface area contributed by atoms with Crippen LogP contribution in [0.1, 0.15) is 63.9 Å². The second-order valence-corrected chi connectivity index (χ2v) is 11.1. The maximum atomic E-state index is 14.0. The van der Waals surface area contributed by atoms with Gasteiger partial charge in [-0.25, -0.2) is 0 Å². The predicted octanol–water partition coefficient (Wildman–Crippen LogP) is 4.89. The normalized spacial score (nSPS) is 32.4. The Labute approximate surface area is 210 Å². The van der Waals surface area contributed by atoms with E-state index in [1.807, 2.05) is 48.5 Å². The average Bonchev–Trinajstić information content (AvgIpc) is 3.17. The maximum absolute atomic E-state index is 14.0. The SMILES string of the molecule is C[C@]1(OC(=O)C2(c3ccccc3)CC=CCCC2)CCC12CC[NH+](CCOc1ccccc1)CC2. The zero-order valence-electron chi connectivity index (χ0n) is 21.1. The molecule has 3 aliphatic rings. The van der Waals surface area contributed by atoms with E-state index < -0.39 is 5.41 Å². The summed E-state index contributed by atoms with van der Waals surface area (Å²) in [5.41, 5.74) is 0.319. The van der Waals surface area contributed by atoms with Crippen molar-refractivity contribution in [1.29, 1.82) is 0 Å². The van der Waals surface area contributed by atoms with Crippen molar-refractivity contribution in [3.05, 3.63) is 78.4 Å². The number of carbonyl (C=O) groups is 1. The molecule has 0 aromatic heterocycles. The van der Waals surface area contributed by atoms with Crippen molar-refractivity contribution < 1.29 is 19.2 Å². The summed E-state index contributed by atoms with van der Waals surface area (Å²) >= 11 is 0. The van der Waals surface area contributed by atoms with Crippen LogP contribution in [0, 0.1) is 5.41 Å². The van der Waals surface area contributed by atoms with Gasteiger partial charge in [-0.15, -0.1) is 0 Å². The highest BCUT2D eigenvalue weighted by Gasteiger charge is 2.61. The quantitative estimate of drug-likeness (QED) is 0.459. The number of hydrogen-bond donors (Lipinski definition) is 1. The Bertz CT molecular complexity index is 1010. The standard InChI is InChI=1S/C31H39NO3/c1-29(35-28(33)31(16-10-2-3-11-17-31)26-12-6-4-7-13-26)18-19-30(29)20-22-32(23-21-30)24-25-34-27-14-8-5-9-15-27/h2,4-10,12-15H,3,11,16-25H2,1H3/p+1/t29-,31?/m0/s1. The van der Waals surface area contributed by atoms with Crippen molar-refractivity contribution in [2.75, 3.05) is 26.2 Å². The smallest absolute Gasteiger partial charge is 0.317 e. The van der Waals surface area contributed by atoms with E-state index in [1.54, 1.807) is 4.90 Å². The van der Waals surface area contributed by atoms with Crippen LogP contribution in [0.2, 0.25) is 0 Å². The zero-order valence-corrected chi connectivity index (χ0v) is 21.1. The Kier molecular flexibility index (Phi) is 7.02. The first-order valence-electron chi connectivity index (χ1n) is 13.5. The lowest BCUT2D eigenvalue weighted by atomic mass is 9.53. The molecule has 2 atom stereocenters. The summed E-state index contributed by atoms with van der Waals surface area (Å²) in [4.78, 5) is 15.6. The van der Waals surface area contributed by atoms with Gasteiger partial charge in [0.25, 0.3) is 0 Å². The molecule has 2 aromatic carbocycles. The summed E-state index contributed by atoms with van der Waals surface area (Å²) in [5, 5.41) is 0.